The Labute approximate surface area is 119 Å². The molecule has 110 valence electrons. The van der Waals surface area contributed by atoms with Crippen molar-refractivity contribution in [1.82, 2.24) is 10.2 Å². The summed E-state index contributed by atoms with van der Waals surface area (Å²) in [5.74, 6) is -0.219. The Bertz CT molecular complexity index is 478. The van der Waals surface area contributed by atoms with Gasteiger partial charge < -0.3 is 11.1 Å². The molecule has 0 spiro atoms. The summed E-state index contributed by atoms with van der Waals surface area (Å²) >= 11 is 0. The highest BCUT2D eigenvalue weighted by atomic mass is 19.1. The van der Waals surface area contributed by atoms with Crippen molar-refractivity contribution in [3.05, 3.63) is 35.1 Å². The second-order valence-corrected chi connectivity index (χ2v) is 5.23. The zero-order valence-corrected chi connectivity index (χ0v) is 11.9. The second kappa shape index (κ2) is 6.81. The molecule has 2 rings (SSSR count). The number of benzene rings is 1. The molecule has 1 aromatic rings. The third-order valence-corrected chi connectivity index (χ3v) is 3.88. The van der Waals surface area contributed by atoms with E-state index in [1.54, 1.807) is 19.2 Å². The number of nitrogens with zero attached hydrogens (tertiary/aromatic N) is 1. The van der Waals surface area contributed by atoms with Gasteiger partial charge in [-0.3, -0.25) is 9.69 Å². The number of nitrogens with one attached hydrogen (secondary N) is 1. The average Bonchev–Trinajstić information content (AvgIpc) is 2.49. The summed E-state index contributed by atoms with van der Waals surface area (Å²) in [5.41, 5.74) is 7.13. The summed E-state index contributed by atoms with van der Waals surface area (Å²) in [7, 11) is 1.64. The number of likely N-dealkylation sites (N-methyl/N-ethyl adjacent to an activating group) is 1. The summed E-state index contributed by atoms with van der Waals surface area (Å²) < 4.78 is 13.9. The van der Waals surface area contributed by atoms with Crippen LogP contribution in [0.3, 0.4) is 0 Å². The number of rotatable bonds is 4. The van der Waals surface area contributed by atoms with E-state index in [0.29, 0.717) is 18.7 Å². The Morgan fingerprint density at radius 2 is 2.30 bits per heavy atom. The minimum atomic E-state index is -0.233. The van der Waals surface area contributed by atoms with Gasteiger partial charge in [0.05, 0.1) is 6.04 Å². The van der Waals surface area contributed by atoms with Crippen LogP contribution in [0, 0.1) is 5.82 Å². The van der Waals surface area contributed by atoms with E-state index in [9.17, 15) is 9.18 Å². The van der Waals surface area contributed by atoms with Gasteiger partial charge in [-0.05, 0) is 31.0 Å². The summed E-state index contributed by atoms with van der Waals surface area (Å²) in [6, 6.07) is 4.79. The molecule has 1 aliphatic rings. The Balaban J connectivity index is 2.16. The molecule has 1 heterocycles. The van der Waals surface area contributed by atoms with Crippen LogP contribution in [-0.2, 0) is 17.9 Å². The first-order chi connectivity index (χ1) is 9.65. The lowest BCUT2D eigenvalue weighted by atomic mass is 10.00. The first kappa shape index (κ1) is 14.9. The molecule has 0 radical (unpaired) electrons. The topological polar surface area (TPSA) is 58.4 Å². The maximum atomic E-state index is 13.9. The minimum Gasteiger partial charge on any atom is -0.358 e. The van der Waals surface area contributed by atoms with Gasteiger partial charge in [0.1, 0.15) is 5.82 Å². The highest BCUT2D eigenvalue weighted by molar-refractivity contribution is 5.81. The first-order valence-corrected chi connectivity index (χ1v) is 7.08. The van der Waals surface area contributed by atoms with E-state index < -0.39 is 0 Å². The summed E-state index contributed by atoms with van der Waals surface area (Å²) in [6.45, 7) is 1.67. The van der Waals surface area contributed by atoms with Crippen LogP contribution >= 0.6 is 0 Å². The third-order valence-electron chi connectivity index (χ3n) is 3.88. The summed E-state index contributed by atoms with van der Waals surface area (Å²) in [6.07, 6.45) is 2.92. The molecule has 1 aromatic carbocycles. The quantitative estimate of drug-likeness (QED) is 0.875. The molecule has 0 aliphatic carbocycles. The molecule has 3 N–H and O–H groups in total. The number of likely N-dealkylation sites (tertiary alicyclic amines) is 1. The van der Waals surface area contributed by atoms with Crippen molar-refractivity contribution in [1.29, 1.82) is 0 Å². The van der Waals surface area contributed by atoms with Gasteiger partial charge in [0.15, 0.2) is 0 Å². The molecule has 1 saturated heterocycles. The fourth-order valence-corrected chi connectivity index (χ4v) is 2.74. The van der Waals surface area contributed by atoms with Crippen LogP contribution in [0.15, 0.2) is 18.2 Å². The summed E-state index contributed by atoms with van der Waals surface area (Å²) in [5, 5.41) is 2.69. The number of halogens is 1. The minimum absolute atomic E-state index is 0.0140. The van der Waals surface area contributed by atoms with Crippen LogP contribution in [0.5, 0.6) is 0 Å². The molecule has 1 amide bonds. The van der Waals surface area contributed by atoms with Crippen molar-refractivity contribution in [2.24, 2.45) is 5.73 Å². The van der Waals surface area contributed by atoms with E-state index in [1.165, 1.54) is 6.07 Å². The number of carbonyl (C=O) groups excluding carboxylic acids is 1. The second-order valence-electron chi connectivity index (χ2n) is 5.23. The Morgan fingerprint density at radius 1 is 1.50 bits per heavy atom. The first-order valence-electron chi connectivity index (χ1n) is 7.08. The highest BCUT2D eigenvalue weighted by Crippen LogP contribution is 2.21. The van der Waals surface area contributed by atoms with Gasteiger partial charge in [0.25, 0.3) is 0 Å². The van der Waals surface area contributed by atoms with E-state index >= 15 is 0 Å². The van der Waals surface area contributed by atoms with Gasteiger partial charge in [-0.1, -0.05) is 18.6 Å². The smallest absolute Gasteiger partial charge is 0.237 e. The average molecular weight is 279 g/mol. The standard InChI is InChI=1S/C15H22FN3O/c1-18-15(20)14-4-2-3-7-19(14)10-12-8-11(9-17)5-6-13(12)16/h5-6,8,14H,2-4,7,9-10,17H2,1H3,(H,18,20). The zero-order chi connectivity index (χ0) is 14.5. The van der Waals surface area contributed by atoms with Crippen molar-refractivity contribution in [2.75, 3.05) is 13.6 Å². The van der Waals surface area contributed by atoms with Crippen LogP contribution < -0.4 is 11.1 Å². The Kier molecular flexibility index (Phi) is 5.09. The van der Waals surface area contributed by atoms with Gasteiger partial charge in [0.2, 0.25) is 5.91 Å². The molecular weight excluding hydrogens is 257 g/mol. The number of amides is 1. The van der Waals surface area contributed by atoms with Crippen LogP contribution in [0.25, 0.3) is 0 Å². The Morgan fingerprint density at radius 3 is 3.00 bits per heavy atom. The van der Waals surface area contributed by atoms with E-state index in [4.69, 9.17) is 5.73 Å². The van der Waals surface area contributed by atoms with Crippen LogP contribution in [0.1, 0.15) is 30.4 Å². The number of hydrogen-bond donors (Lipinski definition) is 2. The molecule has 0 aromatic heterocycles. The van der Waals surface area contributed by atoms with Crippen molar-refractivity contribution in [3.63, 3.8) is 0 Å². The highest BCUT2D eigenvalue weighted by Gasteiger charge is 2.28. The largest absolute Gasteiger partial charge is 0.358 e. The van der Waals surface area contributed by atoms with E-state index in [0.717, 1.165) is 31.4 Å². The van der Waals surface area contributed by atoms with Crippen LogP contribution in [0.4, 0.5) is 4.39 Å². The fraction of sp³-hybridized carbons (Fsp3) is 0.533. The fourth-order valence-electron chi connectivity index (χ4n) is 2.74. The molecule has 1 aliphatic heterocycles. The lowest BCUT2D eigenvalue weighted by molar-refractivity contribution is -0.127. The van der Waals surface area contributed by atoms with E-state index in [1.807, 2.05) is 0 Å². The molecule has 0 saturated carbocycles. The third kappa shape index (κ3) is 3.35. The lowest BCUT2D eigenvalue weighted by Gasteiger charge is -2.34. The van der Waals surface area contributed by atoms with Crippen LogP contribution in [0.2, 0.25) is 0 Å². The summed E-state index contributed by atoms with van der Waals surface area (Å²) in [4.78, 5) is 14.0. The number of carbonyl (C=O) groups is 1. The van der Waals surface area contributed by atoms with Gasteiger partial charge >= 0.3 is 0 Å². The van der Waals surface area contributed by atoms with E-state index in [-0.39, 0.29) is 17.8 Å². The molecule has 0 bridgehead atoms. The molecule has 20 heavy (non-hydrogen) atoms. The lowest BCUT2D eigenvalue weighted by Crippen LogP contribution is -2.48. The van der Waals surface area contributed by atoms with Crippen molar-refractivity contribution >= 4 is 5.91 Å². The molecule has 1 atom stereocenters. The van der Waals surface area contributed by atoms with Crippen molar-refractivity contribution in [2.45, 2.75) is 38.4 Å². The van der Waals surface area contributed by atoms with Gasteiger partial charge in [0, 0.05) is 25.7 Å². The van der Waals surface area contributed by atoms with Gasteiger partial charge in [-0.25, -0.2) is 4.39 Å². The predicted octanol–water partition coefficient (Wildman–Crippen LogP) is 1.38. The molecule has 1 fully saturated rings. The number of hydrogen-bond acceptors (Lipinski definition) is 3. The number of nitrogens with two attached hydrogens (primary N) is 1. The number of piperidine rings is 1. The Hall–Kier alpha value is -1.46. The van der Waals surface area contributed by atoms with Gasteiger partial charge in [-0.2, -0.15) is 0 Å². The SMILES string of the molecule is CNC(=O)C1CCCCN1Cc1cc(CN)ccc1F. The molecular formula is C15H22FN3O. The predicted molar refractivity (Wildman–Crippen MR) is 76.4 cm³/mol. The zero-order valence-electron chi connectivity index (χ0n) is 11.9. The maximum Gasteiger partial charge on any atom is 0.237 e. The van der Waals surface area contributed by atoms with Crippen molar-refractivity contribution < 1.29 is 9.18 Å². The van der Waals surface area contributed by atoms with Crippen LogP contribution in [-0.4, -0.2) is 30.4 Å². The monoisotopic (exact) mass is 279 g/mol. The normalized spacial score (nSPS) is 19.9. The van der Waals surface area contributed by atoms with Crippen molar-refractivity contribution in [3.8, 4) is 0 Å². The molecule has 5 heteroatoms. The molecule has 1 unspecified atom stereocenters. The molecule has 4 nitrogen and oxygen atoms in total. The van der Waals surface area contributed by atoms with E-state index in [2.05, 4.69) is 10.2 Å². The van der Waals surface area contributed by atoms with Gasteiger partial charge in [-0.15, -0.1) is 0 Å². The maximum absolute atomic E-state index is 13.9.